The first-order valence-corrected chi connectivity index (χ1v) is 8.11. The average molecular weight is 332 g/mol. The summed E-state index contributed by atoms with van der Waals surface area (Å²) in [5.41, 5.74) is 2.86. The van der Waals surface area contributed by atoms with Crippen LogP contribution in [0.4, 0.5) is 5.69 Å². The van der Waals surface area contributed by atoms with Gasteiger partial charge in [0.05, 0.1) is 12.0 Å². The summed E-state index contributed by atoms with van der Waals surface area (Å²) in [7, 11) is 0. The van der Waals surface area contributed by atoms with Crippen LogP contribution in [0.3, 0.4) is 0 Å². The summed E-state index contributed by atoms with van der Waals surface area (Å²) in [4.78, 5) is 35.2. The second-order valence-corrected chi connectivity index (χ2v) is 6.71. The summed E-state index contributed by atoms with van der Waals surface area (Å²) >= 11 is 0. The summed E-state index contributed by atoms with van der Waals surface area (Å²) < 4.78 is 0. The van der Waals surface area contributed by atoms with Crippen molar-refractivity contribution in [2.45, 2.75) is 46.5 Å². The fourth-order valence-corrected chi connectivity index (χ4v) is 3.18. The van der Waals surface area contributed by atoms with Gasteiger partial charge in [0.15, 0.2) is 0 Å². The smallest absolute Gasteiger partial charge is 0.310 e. The molecule has 24 heavy (non-hydrogen) atoms. The first-order chi connectivity index (χ1) is 11.2. The van der Waals surface area contributed by atoms with Crippen LogP contribution >= 0.6 is 0 Å². The van der Waals surface area contributed by atoms with Gasteiger partial charge < -0.3 is 15.7 Å². The minimum Gasteiger partial charge on any atom is -0.481 e. The normalized spacial score (nSPS) is 15.3. The summed E-state index contributed by atoms with van der Waals surface area (Å²) in [6.07, 6.45) is 1.79. The van der Waals surface area contributed by atoms with Crippen molar-refractivity contribution in [2.24, 2.45) is 5.41 Å². The Morgan fingerprint density at radius 1 is 1.08 bits per heavy atom. The number of carboxylic acids is 1. The summed E-state index contributed by atoms with van der Waals surface area (Å²) in [6.45, 7) is 5.66. The molecule has 1 aliphatic rings. The van der Waals surface area contributed by atoms with Crippen LogP contribution in [0.25, 0.3) is 0 Å². The van der Waals surface area contributed by atoms with E-state index in [-0.39, 0.29) is 18.9 Å². The van der Waals surface area contributed by atoms with Crippen LogP contribution in [0, 0.1) is 26.2 Å². The van der Waals surface area contributed by atoms with Gasteiger partial charge in [0.1, 0.15) is 0 Å². The predicted molar refractivity (Wildman–Crippen MR) is 90.8 cm³/mol. The van der Waals surface area contributed by atoms with Crippen LogP contribution in [-0.2, 0) is 14.4 Å². The molecule has 130 valence electrons. The highest BCUT2D eigenvalue weighted by molar-refractivity contribution is 5.96. The summed E-state index contributed by atoms with van der Waals surface area (Å²) in [5, 5.41) is 14.6. The van der Waals surface area contributed by atoms with E-state index in [9.17, 15) is 19.5 Å². The van der Waals surface area contributed by atoms with Crippen molar-refractivity contribution >= 4 is 23.5 Å². The van der Waals surface area contributed by atoms with E-state index in [4.69, 9.17) is 0 Å². The van der Waals surface area contributed by atoms with Gasteiger partial charge in [-0.1, -0.05) is 24.1 Å². The standard InChI is InChI=1S/C18H24N2O4/c1-11-7-12(2)16(13(3)8-11)20-15(22)10-19-14(21)9-18(17(23)24)5-4-6-18/h7-8H,4-6,9-10H2,1-3H3,(H,19,21)(H,20,22)(H,23,24). The minimum absolute atomic E-state index is 0.0712. The number of carbonyl (C=O) groups excluding carboxylic acids is 2. The molecule has 3 N–H and O–H groups in total. The Hall–Kier alpha value is -2.37. The van der Waals surface area contributed by atoms with Crippen LogP contribution in [-0.4, -0.2) is 29.4 Å². The van der Waals surface area contributed by atoms with E-state index in [0.29, 0.717) is 12.8 Å². The summed E-state index contributed by atoms with van der Waals surface area (Å²) in [5.74, 6) is -1.65. The van der Waals surface area contributed by atoms with Crippen LogP contribution in [0.1, 0.15) is 42.4 Å². The molecule has 1 aromatic carbocycles. The highest BCUT2D eigenvalue weighted by Crippen LogP contribution is 2.44. The van der Waals surface area contributed by atoms with E-state index in [1.807, 2.05) is 32.9 Å². The molecule has 1 aliphatic carbocycles. The van der Waals surface area contributed by atoms with Crippen molar-refractivity contribution in [1.82, 2.24) is 5.32 Å². The Morgan fingerprint density at radius 2 is 1.67 bits per heavy atom. The van der Waals surface area contributed by atoms with E-state index in [1.54, 1.807) is 0 Å². The number of rotatable bonds is 6. The minimum atomic E-state index is -0.940. The molecule has 0 aliphatic heterocycles. The zero-order valence-electron chi connectivity index (χ0n) is 14.4. The average Bonchev–Trinajstić information content (AvgIpc) is 2.44. The van der Waals surface area contributed by atoms with Crippen molar-refractivity contribution in [3.05, 3.63) is 28.8 Å². The number of anilines is 1. The number of carbonyl (C=O) groups is 3. The lowest BCUT2D eigenvalue weighted by Crippen LogP contribution is -2.43. The highest BCUT2D eigenvalue weighted by Gasteiger charge is 2.45. The van der Waals surface area contributed by atoms with Gasteiger partial charge in [-0.05, 0) is 44.7 Å². The molecule has 0 bridgehead atoms. The van der Waals surface area contributed by atoms with Crippen LogP contribution in [0.2, 0.25) is 0 Å². The fraction of sp³-hybridized carbons (Fsp3) is 0.500. The first-order valence-electron chi connectivity index (χ1n) is 8.11. The van der Waals surface area contributed by atoms with E-state index >= 15 is 0 Å². The van der Waals surface area contributed by atoms with E-state index < -0.39 is 17.3 Å². The number of nitrogens with one attached hydrogen (secondary N) is 2. The largest absolute Gasteiger partial charge is 0.481 e. The molecular weight excluding hydrogens is 308 g/mol. The molecule has 1 aromatic rings. The maximum Gasteiger partial charge on any atom is 0.310 e. The van der Waals surface area contributed by atoms with Crippen LogP contribution < -0.4 is 10.6 Å². The SMILES string of the molecule is Cc1cc(C)c(NC(=O)CNC(=O)CC2(C(=O)O)CCC2)c(C)c1. The van der Waals surface area contributed by atoms with Gasteiger partial charge in [-0.25, -0.2) is 0 Å². The third-order valence-corrected chi connectivity index (χ3v) is 4.65. The number of aliphatic carboxylic acids is 1. The molecule has 0 saturated heterocycles. The molecule has 1 fully saturated rings. The maximum absolute atomic E-state index is 12.0. The van der Waals surface area contributed by atoms with Gasteiger partial charge in [0, 0.05) is 12.1 Å². The lowest BCUT2D eigenvalue weighted by atomic mass is 9.66. The van der Waals surface area contributed by atoms with E-state index in [2.05, 4.69) is 10.6 Å². The molecule has 1 saturated carbocycles. The molecule has 0 radical (unpaired) electrons. The summed E-state index contributed by atoms with van der Waals surface area (Å²) in [6, 6.07) is 3.96. The molecule has 2 amide bonds. The number of carboxylic acid groups (broad SMARTS) is 1. The Kier molecular flexibility index (Phi) is 5.26. The lowest BCUT2D eigenvalue weighted by Gasteiger charge is -2.36. The second kappa shape index (κ2) is 7.03. The molecule has 6 nitrogen and oxygen atoms in total. The second-order valence-electron chi connectivity index (χ2n) is 6.71. The zero-order valence-corrected chi connectivity index (χ0v) is 14.4. The first kappa shape index (κ1) is 18.0. The van der Waals surface area contributed by atoms with Crippen LogP contribution in [0.5, 0.6) is 0 Å². The van der Waals surface area contributed by atoms with E-state index in [1.165, 1.54) is 0 Å². The van der Waals surface area contributed by atoms with E-state index in [0.717, 1.165) is 28.8 Å². The molecule has 0 unspecified atom stereocenters. The molecule has 2 rings (SSSR count). The van der Waals surface area contributed by atoms with Gasteiger partial charge in [-0.15, -0.1) is 0 Å². The Labute approximate surface area is 141 Å². The Bertz CT molecular complexity index is 655. The molecule has 0 atom stereocenters. The maximum atomic E-state index is 12.0. The topological polar surface area (TPSA) is 95.5 Å². The molecular formula is C18H24N2O4. The molecule has 0 aromatic heterocycles. The zero-order chi connectivity index (χ0) is 17.9. The Morgan fingerprint density at radius 3 is 2.12 bits per heavy atom. The number of hydrogen-bond donors (Lipinski definition) is 3. The van der Waals surface area contributed by atoms with Crippen molar-refractivity contribution < 1.29 is 19.5 Å². The van der Waals surface area contributed by atoms with Gasteiger partial charge in [-0.3, -0.25) is 14.4 Å². The fourth-order valence-electron chi connectivity index (χ4n) is 3.18. The van der Waals surface area contributed by atoms with Crippen molar-refractivity contribution in [3.63, 3.8) is 0 Å². The third kappa shape index (κ3) is 3.93. The quantitative estimate of drug-likeness (QED) is 0.745. The number of amides is 2. The van der Waals surface area contributed by atoms with Gasteiger partial charge in [0.25, 0.3) is 0 Å². The predicted octanol–water partition coefficient (Wildman–Crippen LogP) is 2.31. The molecule has 6 heteroatoms. The number of benzene rings is 1. The monoisotopic (exact) mass is 332 g/mol. The van der Waals surface area contributed by atoms with Gasteiger partial charge in [-0.2, -0.15) is 0 Å². The number of aryl methyl sites for hydroxylation is 3. The Balaban J connectivity index is 1.87. The molecule has 0 spiro atoms. The molecule has 0 heterocycles. The van der Waals surface area contributed by atoms with Crippen molar-refractivity contribution in [1.29, 1.82) is 0 Å². The van der Waals surface area contributed by atoms with Crippen molar-refractivity contribution in [2.75, 3.05) is 11.9 Å². The van der Waals surface area contributed by atoms with Crippen LogP contribution in [0.15, 0.2) is 12.1 Å². The van der Waals surface area contributed by atoms with Gasteiger partial charge >= 0.3 is 5.97 Å². The highest BCUT2D eigenvalue weighted by atomic mass is 16.4. The van der Waals surface area contributed by atoms with Gasteiger partial charge in [0.2, 0.25) is 11.8 Å². The lowest BCUT2D eigenvalue weighted by molar-refractivity contribution is -0.157. The third-order valence-electron chi connectivity index (χ3n) is 4.65. The number of hydrogen-bond acceptors (Lipinski definition) is 3. The van der Waals surface area contributed by atoms with Crippen molar-refractivity contribution in [3.8, 4) is 0 Å².